The second kappa shape index (κ2) is 11.9. The molecule has 9 atom stereocenters. The van der Waals surface area contributed by atoms with Crippen molar-refractivity contribution < 1.29 is 23.9 Å². The minimum Gasteiger partial charge on any atom is -0.463 e. The van der Waals surface area contributed by atoms with Crippen molar-refractivity contribution in [2.75, 3.05) is 0 Å². The zero-order valence-electron chi connectivity index (χ0n) is 26.3. The number of carbonyl (C=O) groups excluding carboxylic acids is 3. The summed E-state index contributed by atoms with van der Waals surface area (Å²) in [5.41, 5.74) is 2.74. The molecule has 6 rings (SSSR count). The summed E-state index contributed by atoms with van der Waals surface area (Å²) < 4.78 is 11.8. The molecule has 4 aliphatic carbocycles. The fourth-order valence-corrected chi connectivity index (χ4v) is 10.4. The molecule has 43 heavy (non-hydrogen) atoms. The van der Waals surface area contributed by atoms with Gasteiger partial charge in [0.1, 0.15) is 12.2 Å². The average molecular weight is 585 g/mol. The van der Waals surface area contributed by atoms with Gasteiger partial charge in [-0.05, 0) is 105 Å². The Morgan fingerprint density at radius 1 is 0.814 bits per heavy atom. The van der Waals surface area contributed by atoms with Crippen LogP contribution in [0.1, 0.15) is 107 Å². The summed E-state index contributed by atoms with van der Waals surface area (Å²) in [5, 5.41) is 0. The van der Waals surface area contributed by atoms with Crippen LogP contribution in [0.5, 0.6) is 0 Å². The number of rotatable bonds is 7. The van der Waals surface area contributed by atoms with E-state index >= 15 is 0 Å². The Bertz CT molecular complexity index is 1330. The third kappa shape index (κ3) is 5.69. The second-order valence-corrected chi connectivity index (χ2v) is 14.7. The van der Waals surface area contributed by atoms with Crippen molar-refractivity contribution in [1.29, 1.82) is 0 Å². The van der Waals surface area contributed by atoms with Crippen LogP contribution in [0.3, 0.4) is 0 Å². The lowest BCUT2D eigenvalue weighted by atomic mass is 9.44. The predicted octanol–water partition coefficient (Wildman–Crippen LogP) is 7.98. The Hall–Kier alpha value is -2.95. The van der Waals surface area contributed by atoms with E-state index in [1.54, 1.807) is 12.1 Å². The Labute approximate surface area is 257 Å². The molecule has 5 heteroatoms. The number of ether oxygens (including phenoxy) is 2. The monoisotopic (exact) mass is 584 g/mol. The van der Waals surface area contributed by atoms with Gasteiger partial charge in [-0.25, -0.2) is 0 Å². The minimum atomic E-state index is -0.170. The highest BCUT2D eigenvalue weighted by molar-refractivity contribution is 6.08. The Morgan fingerprint density at radius 3 is 2.21 bits per heavy atom. The first-order valence-electron chi connectivity index (χ1n) is 16.6. The molecule has 4 fully saturated rings. The maximum absolute atomic E-state index is 13.0. The van der Waals surface area contributed by atoms with E-state index in [-0.39, 0.29) is 41.8 Å². The van der Waals surface area contributed by atoms with Crippen molar-refractivity contribution in [1.82, 2.24) is 0 Å². The molecule has 4 saturated carbocycles. The fraction of sp³-hybridized carbons (Fsp3) is 0.605. The van der Waals surface area contributed by atoms with Gasteiger partial charge in [0.15, 0.2) is 5.78 Å². The highest BCUT2D eigenvalue weighted by atomic mass is 16.5. The van der Waals surface area contributed by atoms with Gasteiger partial charge in [0.2, 0.25) is 0 Å². The average Bonchev–Trinajstić information content (AvgIpc) is 3.35. The van der Waals surface area contributed by atoms with Crippen LogP contribution in [0, 0.1) is 40.4 Å². The summed E-state index contributed by atoms with van der Waals surface area (Å²) in [5.74, 6) is 2.93. The van der Waals surface area contributed by atoms with E-state index in [2.05, 4.69) is 20.8 Å². The zero-order chi connectivity index (χ0) is 30.4. The van der Waals surface area contributed by atoms with Gasteiger partial charge in [-0.1, -0.05) is 68.4 Å². The lowest BCUT2D eigenvalue weighted by molar-refractivity contribution is -0.165. The van der Waals surface area contributed by atoms with Crippen LogP contribution in [-0.4, -0.2) is 29.9 Å². The maximum atomic E-state index is 13.0. The van der Waals surface area contributed by atoms with Crippen LogP contribution in [0.15, 0.2) is 54.6 Å². The molecule has 0 radical (unpaired) electrons. The summed E-state index contributed by atoms with van der Waals surface area (Å²) in [7, 11) is 0. The molecular formula is C38H48O5. The minimum absolute atomic E-state index is 0.00387. The van der Waals surface area contributed by atoms with Crippen LogP contribution in [0.4, 0.5) is 0 Å². The standard InChI is InChI=1S/C38H48O5/c1-24(42-25(2)39)32-16-17-33-31-15-14-29-23-30(18-20-37(29,3)34(31)19-21-38(32,33)4)43-35(40)22-26-10-12-28(13-11-26)36(41)27-8-6-5-7-9-27/h5-13,24,29-34H,14-23H2,1-4H3/t24?,29-,30+,31-,32+,33-,34-,37-,38+/m0/s1. The van der Waals surface area contributed by atoms with E-state index in [9.17, 15) is 14.4 Å². The summed E-state index contributed by atoms with van der Waals surface area (Å²) in [4.78, 5) is 37.4. The van der Waals surface area contributed by atoms with Gasteiger partial charge < -0.3 is 9.47 Å². The molecule has 0 bridgehead atoms. The Balaban J connectivity index is 1.04. The van der Waals surface area contributed by atoms with Crippen LogP contribution in [0.25, 0.3) is 0 Å². The van der Waals surface area contributed by atoms with Crippen molar-refractivity contribution in [3.8, 4) is 0 Å². The topological polar surface area (TPSA) is 69.7 Å². The molecule has 1 unspecified atom stereocenters. The third-order valence-corrected chi connectivity index (χ3v) is 12.5. The van der Waals surface area contributed by atoms with Gasteiger partial charge >= 0.3 is 11.9 Å². The van der Waals surface area contributed by atoms with Gasteiger partial charge in [0, 0.05) is 24.0 Å². The highest BCUT2D eigenvalue weighted by Crippen LogP contribution is 2.68. The molecule has 0 aliphatic heterocycles. The Morgan fingerprint density at radius 2 is 1.49 bits per heavy atom. The molecule has 0 spiro atoms. The first-order chi connectivity index (χ1) is 20.6. The van der Waals surface area contributed by atoms with Crippen LogP contribution < -0.4 is 0 Å². The molecule has 5 nitrogen and oxygen atoms in total. The van der Waals surface area contributed by atoms with Crippen LogP contribution in [0.2, 0.25) is 0 Å². The molecule has 4 aliphatic rings. The highest BCUT2D eigenvalue weighted by Gasteiger charge is 2.61. The number of fused-ring (bicyclic) bond motifs is 5. The number of carbonyl (C=O) groups is 3. The summed E-state index contributed by atoms with van der Waals surface area (Å²) in [6.45, 7) is 8.67. The van der Waals surface area contributed by atoms with E-state index in [0.717, 1.165) is 42.6 Å². The van der Waals surface area contributed by atoms with Gasteiger partial charge in [-0.2, -0.15) is 0 Å². The maximum Gasteiger partial charge on any atom is 0.310 e. The molecule has 2 aromatic rings. The molecule has 0 saturated heterocycles. The third-order valence-electron chi connectivity index (χ3n) is 12.5. The second-order valence-electron chi connectivity index (χ2n) is 14.7. The number of esters is 2. The van der Waals surface area contributed by atoms with Gasteiger partial charge in [-0.15, -0.1) is 0 Å². The molecular weight excluding hydrogens is 536 g/mol. The van der Waals surface area contributed by atoms with Crippen molar-refractivity contribution in [3.05, 3.63) is 71.3 Å². The number of benzene rings is 2. The first-order valence-corrected chi connectivity index (χ1v) is 16.6. The summed E-state index contributed by atoms with van der Waals surface area (Å²) in [6, 6.07) is 16.6. The molecule has 0 amide bonds. The smallest absolute Gasteiger partial charge is 0.310 e. The molecule has 2 aromatic carbocycles. The van der Waals surface area contributed by atoms with Gasteiger partial charge in [0.05, 0.1) is 6.42 Å². The van der Waals surface area contributed by atoms with E-state index in [0.29, 0.717) is 28.4 Å². The quantitative estimate of drug-likeness (QED) is 0.244. The van der Waals surface area contributed by atoms with Crippen molar-refractivity contribution in [2.24, 2.45) is 40.4 Å². The number of hydrogen-bond acceptors (Lipinski definition) is 5. The van der Waals surface area contributed by atoms with E-state index in [1.807, 2.05) is 42.5 Å². The zero-order valence-corrected chi connectivity index (χ0v) is 26.3. The predicted molar refractivity (Wildman–Crippen MR) is 166 cm³/mol. The summed E-state index contributed by atoms with van der Waals surface area (Å²) in [6.07, 6.45) is 10.7. The van der Waals surface area contributed by atoms with Gasteiger partial charge in [-0.3, -0.25) is 14.4 Å². The number of ketones is 1. The van der Waals surface area contributed by atoms with Crippen molar-refractivity contribution in [2.45, 2.75) is 104 Å². The van der Waals surface area contributed by atoms with Crippen LogP contribution >= 0.6 is 0 Å². The molecule has 0 N–H and O–H groups in total. The molecule has 230 valence electrons. The lowest BCUT2D eigenvalue weighted by Gasteiger charge is -2.61. The van der Waals surface area contributed by atoms with Crippen molar-refractivity contribution in [3.63, 3.8) is 0 Å². The normalized spacial score (nSPS) is 35.5. The molecule has 0 aromatic heterocycles. The summed E-state index contributed by atoms with van der Waals surface area (Å²) >= 11 is 0. The van der Waals surface area contributed by atoms with Gasteiger partial charge in [0.25, 0.3) is 0 Å². The van der Waals surface area contributed by atoms with E-state index < -0.39 is 0 Å². The fourth-order valence-electron chi connectivity index (χ4n) is 10.4. The largest absolute Gasteiger partial charge is 0.463 e. The first kappa shape index (κ1) is 30.1. The SMILES string of the molecule is CC(=O)OC(C)[C@H]1CC[C@H]2[C@@H]3CC[C@H]4C[C@H](OC(=O)Cc5ccc(C(=O)c6ccccc6)cc5)CC[C@]4(C)[C@H]3CC[C@]12C. The van der Waals surface area contributed by atoms with E-state index in [4.69, 9.17) is 9.47 Å². The van der Waals surface area contributed by atoms with E-state index in [1.165, 1.54) is 45.4 Å². The lowest BCUT2D eigenvalue weighted by Crippen LogP contribution is -2.54. The molecule has 0 heterocycles. The number of hydrogen-bond donors (Lipinski definition) is 0. The van der Waals surface area contributed by atoms with Crippen molar-refractivity contribution >= 4 is 17.7 Å². The van der Waals surface area contributed by atoms with Crippen LogP contribution in [-0.2, 0) is 25.5 Å². The Kier molecular flexibility index (Phi) is 8.30.